The molecule has 0 aromatic heterocycles. The van der Waals surface area contributed by atoms with E-state index in [4.69, 9.17) is 30.4 Å². The molecule has 0 aliphatic carbocycles. The van der Waals surface area contributed by atoms with Crippen LogP contribution in [0, 0.1) is 5.39 Å². The Hall–Kier alpha value is -0.422. The molecule has 0 bridgehead atoms. The molecule has 0 heterocycles. The van der Waals surface area contributed by atoms with Gasteiger partial charge in [-0.3, -0.25) is 0 Å². The summed E-state index contributed by atoms with van der Waals surface area (Å²) in [5, 5.41) is 17.5. The second-order valence-electron chi connectivity index (χ2n) is 2.01. The molecule has 0 spiro atoms. The number of aromatic hydroxyl groups is 1. The van der Waals surface area contributed by atoms with E-state index in [0.29, 0.717) is 0 Å². The molecular weight excluding hydrogens is 262 g/mol. The van der Waals surface area contributed by atoms with Gasteiger partial charge in [-0.1, -0.05) is 0 Å². The van der Waals surface area contributed by atoms with Gasteiger partial charge in [0, 0.05) is 0 Å². The summed E-state index contributed by atoms with van der Waals surface area (Å²) in [6.45, 7) is 0. The third-order valence-corrected chi connectivity index (χ3v) is 4.69. The summed E-state index contributed by atoms with van der Waals surface area (Å²) in [5.74, 6) is -0.0922. The molecule has 1 aromatic carbocycles. The third kappa shape index (κ3) is 2.04. The van der Waals surface area contributed by atoms with Crippen molar-refractivity contribution in [2.75, 3.05) is 0 Å². The monoisotopic (exact) mass is 265 g/mol. The predicted octanol–water partition coefficient (Wildman–Crippen LogP) is 2.05. The van der Waals surface area contributed by atoms with Gasteiger partial charge in [0.05, 0.1) is 0 Å². The zero-order valence-electron chi connectivity index (χ0n) is 5.78. The fraction of sp³-hybridized carbons (Fsp3) is 0. The van der Waals surface area contributed by atoms with Crippen LogP contribution >= 0.6 is 19.9 Å². The van der Waals surface area contributed by atoms with Crippen molar-refractivity contribution >= 4 is 42.7 Å². The topological polar surface area (TPSA) is 48.4 Å². The van der Waals surface area contributed by atoms with E-state index in [0.717, 1.165) is 4.35 Å². The summed E-state index contributed by atoms with van der Waals surface area (Å²) >= 11 is -1.99. The minimum absolute atomic E-state index is 0.0909. The summed E-state index contributed by atoms with van der Waals surface area (Å²) in [6.07, 6.45) is 0. The second kappa shape index (κ2) is 4.00. The van der Waals surface area contributed by atoms with Gasteiger partial charge in [0.2, 0.25) is 0 Å². The first kappa shape index (κ1) is 9.66. The van der Waals surface area contributed by atoms with E-state index in [9.17, 15) is 0 Å². The van der Waals surface area contributed by atoms with Crippen LogP contribution in [0.3, 0.4) is 0 Å². The Bertz CT molecular complexity index is 337. The van der Waals surface area contributed by atoms with Crippen LogP contribution in [0.1, 0.15) is 0 Å². The van der Waals surface area contributed by atoms with Crippen molar-refractivity contribution in [2.24, 2.45) is 0 Å². The van der Waals surface area contributed by atoms with E-state index < -0.39 is 12.8 Å². The average Bonchev–Trinajstić information content (AvgIpc) is 2.05. The van der Waals surface area contributed by atoms with Crippen LogP contribution in [-0.2, 0) is 0 Å². The maximum absolute atomic E-state index is 9.09. The van der Waals surface area contributed by atoms with Gasteiger partial charge < -0.3 is 0 Å². The fourth-order valence-electron chi connectivity index (χ4n) is 0.697. The van der Waals surface area contributed by atoms with Crippen molar-refractivity contribution in [3.63, 3.8) is 0 Å². The fourth-order valence-corrected chi connectivity index (χ4v) is 2.64. The second-order valence-corrected chi connectivity index (χ2v) is 8.48. The number of phenolic OH excluding ortho intramolecular Hbond substituents is 1. The van der Waals surface area contributed by atoms with E-state index in [1.807, 2.05) is 0 Å². The molecule has 6 heteroatoms. The number of benzene rings is 1. The first-order valence-electron chi connectivity index (χ1n) is 2.95. The first-order valence-corrected chi connectivity index (χ1v) is 8.82. The van der Waals surface area contributed by atoms with E-state index in [1.165, 1.54) is 12.1 Å². The number of diazo groups is 1. The summed E-state index contributed by atoms with van der Waals surface area (Å²) in [5.41, 5.74) is 0.0909. The molecule has 1 aromatic rings. The standard InChI is InChI=1S/C6H3AsCl2N2O/c8-7(9)4-1-2-6(12)5(3-4)11-10/h1-3H/p+1. The Morgan fingerprint density at radius 3 is 2.58 bits per heavy atom. The third-order valence-electron chi connectivity index (χ3n) is 1.26. The van der Waals surface area contributed by atoms with Crippen LogP contribution in [-0.4, -0.2) is 17.9 Å². The Morgan fingerprint density at radius 2 is 2.08 bits per heavy atom. The molecule has 0 saturated heterocycles. The molecule has 3 nitrogen and oxygen atoms in total. The number of hydrogen-bond donors (Lipinski definition) is 1. The van der Waals surface area contributed by atoms with Crippen LogP contribution in [0.25, 0.3) is 4.98 Å². The Kier molecular flexibility index (Phi) is 3.22. The molecule has 0 atom stereocenters. The molecule has 0 radical (unpaired) electrons. The molecule has 62 valence electrons. The van der Waals surface area contributed by atoms with Crippen molar-refractivity contribution in [1.82, 2.24) is 0 Å². The Morgan fingerprint density at radius 1 is 1.42 bits per heavy atom. The Labute approximate surface area is 82.1 Å². The number of phenols is 1. The van der Waals surface area contributed by atoms with Crippen molar-refractivity contribution in [2.45, 2.75) is 0 Å². The molecule has 1 rings (SSSR count). The van der Waals surface area contributed by atoms with Crippen LogP contribution in [0.5, 0.6) is 5.75 Å². The molecule has 0 amide bonds. The molecule has 0 aliphatic rings. The van der Waals surface area contributed by atoms with Crippen LogP contribution in [0.15, 0.2) is 18.2 Å². The van der Waals surface area contributed by atoms with Gasteiger partial charge in [0.15, 0.2) is 0 Å². The predicted molar refractivity (Wildman–Crippen MR) is 49.9 cm³/mol. The zero-order chi connectivity index (χ0) is 9.14. The van der Waals surface area contributed by atoms with Crippen molar-refractivity contribution in [1.29, 1.82) is 5.39 Å². The number of nitrogens with zero attached hydrogens (tertiary/aromatic N) is 2. The summed E-state index contributed by atoms with van der Waals surface area (Å²) in [6, 6.07) is 4.48. The average molecular weight is 266 g/mol. The summed E-state index contributed by atoms with van der Waals surface area (Å²) in [4.78, 5) is 2.87. The summed E-state index contributed by atoms with van der Waals surface area (Å²) in [7, 11) is 11.4. The molecule has 0 fully saturated rings. The number of hydrogen-bond acceptors (Lipinski definition) is 2. The van der Waals surface area contributed by atoms with E-state index >= 15 is 0 Å². The Balaban J connectivity index is 3.16. The minimum atomic E-state index is -1.99. The summed E-state index contributed by atoms with van der Waals surface area (Å²) < 4.78 is 0.719. The van der Waals surface area contributed by atoms with Crippen molar-refractivity contribution in [3.8, 4) is 5.75 Å². The van der Waals surface area contributed by atoms with Gasteiger partial charge in [0.1, 0.15) is 0 Å². The van der Waals surface area contributed by atoms with E-state index in [2.05, 4.69) is 4.98 Å². The van der Waals surface area contributed by atoms with Gasteiger partial charge in [-0.25, -0.2) is 0 Å². The van der Waals surface area contributed by atoms with Gasteiger partial charge >= 0.3 is 82.1 Å². The van der Waals surface area contributed by atoms with Gasteiger partial charge in [0.25, 0.3) is 0 Å². The van der Waals surface area contributed by atoms with Gasteiger partial charge in [-0.05, 0) is 0 Å². The van der Waals surface area contributed by atoms with Crippen LogP contribution in [0.2, 0.25) is 0 Å². The van der Waals surface area contributed by atoms with Crippen molar-refractivity contribution in [3.05, 3.63) is 23.2 Å². The molecule has 0 saturated carbocycles. The number of halogens is 2. The molecular formula is C6H4AsCl2N2O+. The SMILES string of the molecule is N#[N+]c1cc([As](Cl)Cl)ccc1O. The van der Waals surface area contributed by atoms with E-state index in [1.54, 1.807) is 6.07 Å². The molecule has 0 aliphatic heterocycles. The molecule has 0 unspecified atom stereocenters. The van der Waals surface area contributed by atoms with Gasteiger partial charge in [-0.2, -0.15) is 0 Å². The maximum atomic E-state index is 9.09. The van der Waals surface area contributed by atoms with Gasteiger partial charge in [-0.15, -0.1) is 0 Å². The molecule has 1 N–H and O–H groups in total. The quantitative estimate of drug-likeness (QED) is 0.624. The first-order chi connectivity index (χ1) is 5.65. The van der Waals surface area contributed by atoms with Crippen LogP contribution < -0.4 is 4.35 Å². The number of rotatable bonds is 1. The zero-order valence-corrected chi connectivity index (χ0v) is 9.17. The van der Waals surface area contributed by atoms with E-state index in [-0.39, 0.29) is 11.4 Å². The van der Waals surface area contributed by atoms with Crippen molar-refractivity contribution < 1.29 is 5.11 Å². The normalized spacial score (nSPS) is 9.83. The molecule has 12 heavy (non-hydrogen) atoms. The van der Waals surface area contributed by atoms with Crippen LogP contribution in [0.4, 0.5) is 5.69 Å².